The smallest absolute Gasteiger partial charge is 0.259 e. The van der Waals surface area contributed by atoms with Crippen LogP contribution in [0.1, 0.15) is 164 Å². The van der Waals surface area contributed by atoms with Gasteiger partial charge in [0.25, 0.3) is 29.6 Å². The molecule has 0 spiro atoms. The molecule has 0 bridgehead atoms. The molecule has 0 unspecified atom stereocenters. The number of nitrogens with zero attached hydrogens (tertiary/aromatic N) is 13. The first-order valence-electron chi connectivity index (χ1n) is 27.2. The molecule has 24 heteroatoms. The first-order valence-corrected chi connectivity index (χ1v) is 27.2. The van der Waals surface area contributed by atoms with E-state index in [1.165, 1.54) is 9.36 Å². The maximum Gasteiger partial charge on any atom is 0.259 e. The zero-order valence-corrected chi connectivity index (χ0v) is 48.6. The molecule has 0 aliphatic carbocycles. The number of unbranched alkanes of at least 4 members (excludes halogenated alkanes) is 3. The minimum atomic E-state index is -0.818. The van der Waals surface area contributed by atoms with E-state index in [4.69, 9.17) is 42.4 Å². The fourth-order valence-corrected chi connectivity index (χ4v) is 7.72. The number of benzene rings is 3. The first-order chi connectivity index (χ1) is 38.4. The van der Waals surface area contributed by atoms with Crippen LogP contribution in [-0.4, -0.2) is 77.6 Å². The average molecular weight is 1100 g/mol. The van der Waals surface area contributed by atoms with E-state index in [9.17, 15) is 19.8 Å². The Labute approximate surface area is 473 Å². The van der Waals surface area contributed by atoms with Crippen molar-refractivity contribution in [2.24, 2.45) is 41.8 Å². The van der Waals surface area contributed by atoms with Crippen molar-refractivity contribution in [3.8, 4) is 11.9 Å². The SMILES string of the molecule is CCCCNC(=O)c1ccccc1N=N/C(C(=N)C(C)(C)C)=C(\N)Nc1nc(-n2nc(C(C)(C)C)c(N=Nc3ccccc3C(=O)NCCCC)c2N)nc(-n2nc(C(C)(C)C)c(N=Nc3ccccc3C(=O)NCCCC)c2N)n1. The summed E-state index contributed by atoms with van der Waals surface area (Å²) in [6.07, 6.45) is 5.15. The first kappa shape index (κ1) is 61.1. The third kappa shape index (κ3) is 15.4. The molecule has 3 heterocycles. The largest absolute Gasteiger partial charge is 0.383 e. The molecule has 0 saturated carbocycles. The maximum absolute atomic E-state index is 13.3. The van der Waals surface area contributed by atoms with Gasteiger partial charge >= 0.3 is 0 Å². The molecule has 24 nitrogen and oxygen atoms in total. The fourth-order valence-electron chi connectivity index (χ4n) is 7.72. The highest BCUT2D eigenvalue weighted by Crippen LogP contribution is 2.40. The molecule has 0 atom stereocenters. The zero-order valence-electron chi connectivity index (χ0n) is 48.6. The molecular weight excluding hydrogens is 1030 g/mol. The zero-order chi connectivity index (χ0) is 59.2. The Hall–Kier alpha value is -9.09. The van der Waals surface area contributed by atoms with E-state index < -0.39 is 16.2 Å². The van der Waals surface area contributed by atoms with Gasteiger partial charge in [-0.05, 0) is 55.7 Å². The number of hydrogen-bond donors (Lipinski definition) is 8. The summed E-state index contributed by atoms with van der Waals surface area (Å²) in [7, 11) is 0. The molecule has 3 aromatic heterocycles. The predicted octanol–water partition coefficient (Wildman–Crippen LogP) is 11.8. The van der Waals surface area contributed by atoms with Gasteiger partial charge in [0.05, 0.1) is 50.9 Å². The number of rotatable bonds is 23. The summed E-state index contributed by atoms with van der Waals surface area (Å²) in [4.78, 5) is 54.3. The number of allylic oxidation sites excluding steroid dienone is 1. The summed E-state index contributed by atoms with van der Waals surface area (Å²) < 4.78 is 2.53. The van der Waals surface area contributed by atoms with Gasteiger partial charge in [-0.15, -0.1) is 30.7 Å². The highest BCUT2D eigenvalue weighted by Gasteiger charge is 2.32. The second kappa shape index (κ2) is 26.7. The monoisotopic (exact) mass is 1100 g/mol. The van der Waals surface area contributed by atoms with Gasteiger partial charge in [0.1, 0.15) is 11.5 Å². The summed E-state index contributed by atoms with van der Waals surface area (Å²) in [6, 6.07) is 20.4. The minimum Gasteiger partial charge on any atom is -0.383 e. The number of azo groups is 3. The van der Waals surface area contributed by atoms with Gasteiger partial charge < -0.3 is 43.9 Å². The summed E-state index contributed by atoms with van der Waals surface area (Å²) in [5.41, 5.74) is 21.6. The molecule has 3 aromatic carbocycles. The van der Waals surface area contributed by atoms with Crippen molar-refractivity contribution >= 4 is 69.5 Å². The van der Waals surface area contributed by atoms with E-state index in [1.54, 1.807) is 72.8 Å². The Morgan fingerprint density at radius 3 is 1.25 bits per heavy atom. The number of nitrogen functional groups attached to an aromatic ring is 2. The third-order valence-corrected chi connectivity index (χ3v) is 12.4. The van der Waals surface area contributed by atoms with Crippen molar-refractivity contribution in [2.75, 3.05) is 36.4 Å². The Kier molecular flexibility index (Phi) is 20.2. The van der Waals surface area contributed by atoms with Crippen LogP contribution in [0, 0.1) is 10.8 Å². The van der Waals surface area contributed by atoms with Crippen molar-refractivity contribution in [2.45, 2.75) is 132 Å². The van der Waals surface area contributed by atoms with Crippen molar-refractivity contribution in [3.63, 3.8) is 0 Å². The van der Waals surface area contributed by atoms with Gasteiger partial charge in [-0.1, -0.05) is 139 Å². The number of nitrogens with one attached hydrogen (secondary N) is 5. The summed E-state index contributed by atoms with van der Waals surface area (Å²) in [5, 5.41) is 58.3. The lowest BCUT2D eigenvalue weighted by molar-refractivity contribution is 0.0945. The molecule has 0 radical (unpaired) electrons. The number of amides is 3. The van der Waals surface area contributed by atoms with E-state index in [1.807, 2.05) is 83.1 Å². The molecule has 11 N–H and O–H groups in total. The van der Waals surface area contributed by atoms with E-state index in [2.05, 4.69) is 52.0 Å². The second-order valence-electron chi connectivity index (χ2n) is 22.2. The van der Waals surface area contributed by atoms with Crippen LogP contribution >= 0.6 is 0 Å². The summed E-state index contributed by atoms with van der Waals surface area (Å²) >= 11 is 0. The van der Waals surface area contributed by atoms with E-state index in [0.29, 0.717) is 53.5 Å². The van der Waals surface area contributed by atoms with E-state index in [0.717, 1.165) is 38.5 Å². The number of nitrogens with two attached hydrogens (primary N) is 3. The van der Waals surface area contributed by atoms with E-state index in [-0.39, 0.29) is 87.1 Å². The highest BCUT2D eigenvalue weighted by molar-refractivity contribution is 6.02. The predicted molar refractivity (Wildman–Crippen MR) is 316 cm³/mol. The number of carbonyl (C=O) groups is 3. The van der Waals surface area contributed by atoms with Gasteiger partial charge in [0.15, 0.2) is 23.0 Å². The maximum atomic E-state index is 13.3. The normalized spacial score (nSPS) is 12.5. The van der Waals surface area contributed by atoms with Gasteiger partial charge in [-0.3, -0.25) is 14.4 Å². The van der Waals surface area contributed by atoms with Crippen LogP contribution in [0.5, 0.6) is 0 Å². The Morgan fingerprint density at radius 2 is 0.901 bits per heavy atom. The average Bonchev–Trinajstić information content (AvgIpc) is 4.13. The van der Waals surface area contributed by atoms with Gasteiger partial charge in [0.2, 0.25) is 5.95 Å². The van der Waals surface area contributed by atoms with Crippen molar-refractivity contribution in [1.29, 1.82) is 5.41 Å². The van der Waals surface area contributed by atoms with Crippen LogP contribution in [0.3, 0.4) is 0 Å². The topological polar surface area (TPSA) is 350 Å². The fraction of sp³-hybridized carbons (Fsp3) is 0.421. The number of anilines is 3. The third-order valence-electron chi connectivity index (χ3n) is 12.4. The van der Waals surface area contributed by atoms with Gasteiger partial charge in [-0.2, -0.15) is 34.5 Å². The molecule has 0 aliphatic heterocycles. The van der Waals surface area contributed by atoms with Crippen molar-refractivity contribution < 1.29 is 14.4 Å². The molecule has 0 fully saturated rings. The standard InChI is InChI=1S/C57H77N21O3/c1-13-16-31-62-49(79)34-25-19-22-28-37(34)69-72-40(43(58)55(4,5)6)46(59)65-52-66-53(77-47(60)41(44(75-77)56(7,8)9)73-70-38-29-23-20-26-35(38)50(80)63-32-17-14-2)68-54(67-52)78-48(61)42(45(76-78)57(10,11)12)74-71-39-30-24-21-27-36(39)51(81)64-33-18-15-3/h19-30,58H,13-18,31-33,59-61H2,1-12H3,(H,62,79)(H,63,80)(H,64,81)(H,65,66,67,68)/b46-40+,58-43?,72-69?,73-70?,74-71?. The molecule has 0 saturated heterocycles. The Bertz CT molecular complexity index is 3210. The van der Waals surface area contributed by atoms with Crippen LogP contribution in [0.4, 0.5) is 46.0 Å². The lowest BCUT2D eigenvalue weighted by atomic mass is 9.88. The number of hydrogen-bond acceptors (Lipinski definition) is 19. The molecule has 6 rings (SSSR count). The molecule has 81 heavy (non-hydrogen) atoms. The lowest BCUT2D eigenvalue weighted by Crippen LogP contribution is -2.26. The summed E-state index contributed by atoms with van der Waals surface area (Å²) in [6.45, 7) is 24.6. The van der Waals surface area contributed by atoms with Crippen molar-refractivity contribution in [3.05, 3.63) is 112 Å². The lowest BCUT2D eigenvalue weighted by Gasteiger charge is -2.21. The Morgan fingerprint density at radius 1 is 0.543 bits per heavy atom. The minimum absolute atomic E-state index is 0.0158. The summed E-state index contributed by atoms with van der Waals surface area (Å²) in [5.74, 6) is -1.70. The molecular formula is C57H77N21O3. The second-order valence-corrected chi connectivity index (χ2v) is 22.2. The molecule has 3 amide bonds. The van der Waals surface area contributed by atoms with Crippen molar-refractivity contribution in [1.82, 2.24) is 50.5 Å². The van der Waals surface area contributed by atoms with E-state index >= 15 is 0 Å². The van der Waals surface area contributed by atoms with Crippen LogP contribution in [-0.2, 0) is 10.8 Å². The molecule has 428 valence electrons. The Balaban J connectivity index is 1.57. The van der Waals surface area contributed by atoms with Crippen LogP contribution in [0.15, 0.2) is 115 Å². The van der Waals surface area contributed by atoms with Crippen LogP contribution < -0.4 is 38.5 Å². The number of aromatic nitrogens is 7. The molecule has 6 aromatic rings. The van der Waals surface area contributed by atoms with Gasteiger partial charge in [-0.25, -0.2) is 0 Å². The molecule has 0 aliphatic rings. The van der Waals surface area contributed by atoms with Gasteiger partial charge in [0, 0.05) is 35.9 Å². The number of carbonyl (C=O) groups excluding carboxylic acids is 3. The van der Waals surface area contributed by atoms with Crippen LogP contribution in [0.25, 0.3) is 11.9 Å². The quantitative estimate of drug-likeness (QED) is 0.0169. The highest BCUT2D eigenvalue weighted by atomic mass is 16.2. The van der Waals surface area contributed by atoms with Crippen LogP contribution in [0.2, 0.25) is 0 Å².